The summed E-state index contributed by atoms with van der Waals surface area (Å²) in [5.41, 5.74) is 3.41. The van der Waals surface area contributed by atoms with Gasteiger partial charge in [0.2, 0.25) is 0 Å². The fourth-order valence-corrected chi connectivity index (χ4v) is 4.64. The number of hydrazone groups is 1. The molecule has 0 unspecified atom stereocenters. The van der Waals surface area contributed by atoms with Crippen LogP contribution in [0.5, 0.6) is 5.75 Å². The molecular weight excluding hydrogens is 498 g/mol. The van der Waals surface area contributed by atoms with Crippen molar-refractivity contribution in [3.8, 4) is 5.75 Å². The first kappa shape index (κ1) is 23.6. The van der Waals surface area contributed by atoms with Crippen LogP contribution in [0.15, 0.2) is 73.5 Å². The summed E-state index contributed by atoms with van der Waals surface area (Å²) in [5, 5.41) is 3.87. The summed E-state index contributed by atoms with van der Waals surface area (Å²) in [6, 6.07) is 14.7. The predicted molar refractivity (Wildman–Crippen MR) is 126 cm³/mol. The van der Waals surface area contributed by atoms with Crippen LogP contribution in [-0.2, 0) is 14.8 Å². The van der Waals surface area contributed by atoms with Crippen LogP contribution in [0.4, 0.5) is 5.69 Å². The van der Waals surface area contributed by atoms with Gasteiger partial charge in [-0.2, -0.15) is 5.10 Å². The Morgan fingerprint density at radius 2 is 1.91 bits per heavy atom. The highest BCUT2D eigenvalue weighted by atomic mass is 79.9. The van der Waals surface area contributed by atoms with Crippen molar-refractivity contribution in [2.45, 2.75) is 18.7 Å². The summed E-state index contributed by atoms with van der Waals surface area (Å²) in [6.45, 7) is 3.10. The minimum Gasteiger partial charge on any atom is -0.495 e. The number of amides is 1. The van der Waals surface area contributed by atoms with Crippen LogP contribution >= 0.6 is 15.9 Å². The lowest BCUT2D eigenvalue weighted by Crippen LogP contribution is -2.39. The number of aryl methyl sites for hydroxylation is 2. The summed E-state index contributed by atoms with van der Waals surface area (Å²) >= 11 is 3.33. The first-order valence-corrected chi connectivity index (χ1v) is 11.8. The Balaban J connectivity index is 1.91. The van der Waals surface area contributed by atoms with Gasteiger partial charge in [-0.05, 0) is 59.6 Å². The topological polar surface area (TPSA) is 101 Å². The van der Waals surface area contributed by atoms with Crippen LogP contribution in [0.25, 0.3) is 0 Å². The molecular formula is C22H22BrN3O5S. The van der Waals surface area contributed by atoms with Crippen molar-refractivity contribution >= 4 is 43.8 Å². The molecule has 1 amide bonds. The molecule has 0 aliphatic heterocycles. The van der Waals surface area contributed by atoms with E-state index >= 15 is 0 Å². The lowest BCUT2D eigenvalue weighted by atomic mass is 10.2. The third-order valence-electron chi connectivity index (χ3n) is 4.48. The number of methoxy groups -OCH3 is 1. The molecule has 3 aromatic rings. The van der Waals surface area contributed by atoms with Gasteiger partial charge in [-0.1, -0.05) is 24.3 Å². The number of benzene rings is 2. The lowest BCUT2D eigenvalue weighted by molar-refractivity contribution is -0.119. The normalized spacial score (nSPS) is 11.5. The molecule has 0 spiro atoms. The van der Waals surface area contributed by atoms with Gasteiger partial charge in [0.05, 0.1) is 28.4 Å². The van der Waals surface area contributed by atoms with Gasteiger partial charge in [-0.3, -0.25) is 9.10 Å². The smallest absolute Gasteiger partial charge is 0.264 e. The Morgan fingerprint density at radius 3 is 2.53 bits per heavy atom. The number of ether oxygens (including phenoxy) is 1. The second-order valence-electron chi connectivity index (χ2n) is 6.85. The molecule has 10 heteroatoms. The van der Waals surface area contributed by atoms with Gasteiger partial charge >= 0.3 is 0 Å². The van der Waals surface area contributed by atoms with Crippen molar-refractivity contribution in [3.63, 3.8) is 0 Å². The molecule has 0 radical (unpaired) electrons. The Hall–Kier alpha value is -3.11. The Morgan fingerprint density at radius 1 is 1.19 bits per heavy atom. The number of sulfonamides is 1. The van der Waals surface area contributed by atoms with Crippen molar-refractivity contribution in [1.82, 2.24) is 5.43 Å². The van der Waals surface area contributed by atoms with E-state index in [1.54, 1.807) is 49.4 Å². The second-order valence-corrected chi connectivity index (χ2v) is 9.56. The number of halogens is 1. The quantitative estimate of drug-likeness (QED) is 0.357. The largest absolute Gasteiger partial charge is 0.495 e. The first-order chi connectivity index (χ1) is 15.2. The number of anilines is 1. The van der Waals surface area contributed by atoms with Gasteiger partial charge < -0.3 is 9.15 Å². The van der Waals surface area contributed by atoms with E-state index in [9.17, 15) is 13.2 Å². The van der Waals surface area contributed by atoms with Gasteiger partial charge in [0, 0.05) is 6.07 Å². The molecule has 1 N–H and O–H groups in total. The van der Waals surface area contributed by atoms with E-state index in [-0.39, 0.29) is 10.6 Å². The maximum atomic E-state index is 13.4. The molecule has 1 aromatic heterocycles. The molecule has 0 atom stereocenters. The van der Waals surface area contributed by atoms with Crippen molar-refractivity contribution in [3.05, 3.63) is 76.2 Å². The molecule has 0 aliphatic carbocycles. The fourth-order valence-electron chi connectivity index (χ4n) is 2.89. The molecule has 3 rings (SSSR count). The zero-order valence-corrected chi connectivity index (χ0v) is 20.1. The van der Waals surface area contributed by atoms with Gasteiger partial charge in [0.1, 0.15) is 23.8 Å². The number of carbonyl (C=O) groups excluding carboxylic acids is 1. The molecule has 0 fully saturated rings. The Bertz CT molecular complexity index is 1220. The van der Waals surface area contributed by atoms with E-state index in [0.717, 1.165) is 14.3 Å². The van der Waals surface area contributed by atoms with E-state index in [0.29, 0.717) is 17.3 Å². The van der Waals surface area contributed by atoms with Crippen LogP contribution in [0, 0.1) is 13.8 Å². The van der Waals surface area contributed by atoms with Crippen LogP contribution < -0.4 is 14.5 Å². The number of nitrogens with zero attached hydrogens (tertiary/aromatic N) is 2. The monoisotopic (exact) mass is 519 g/mol. The summed E-state index contributed by atoms with van der Waals surface area (Å²) in [6.07, 6.45) is 1.33. The van der Waals surface area contributed by atoms with Crippen molar-refractivity contribution in [1.29, 1.82) is 0 Å². The fraction of sp³-hybridized carbons (Fsp3) is 0.182. The molecule has 0 aliphatic rings. The van der Waals surface area contributed by atoms with Crippen LogP contribution in [-0.4, -0.2) is 34.2 Å². The van der Waals surface area contributed by atoms with E-state index in [1.807, 2.05) is 6.92 Å². The number of hydrogen-bond donors (Lipinski definition) is 1. The van der Waals surface area contributed by atoms with Crippen LogP contribution in [0.3, 0.4) is 0 Å². The third kappa shape index (κ3) is 5.38. The number of carbonyl (C=O) groups is 1. The molecule has 0 saturated carbocycles. The van der Waals surface area contributed by atoms with Gasteiger partial charge in [-0.15, -0.1) is 0 Å². The lowest BCUT2D eigenvalue weighted by Gasteiger charge is -2.25. The molecule has 1 heterocycles. The number of hydrogen-bond acceptors (Lipinski definition) is 6. The van der Waals surface area contributed by atoms with Crippen LogP contribution in [0.1, 0.15) is 17.1 Å². The standard InChI is InChI=1S/C22H22BrN3O5S/c1-15-9-10-21(30-3)20(11-15)26(32(28,29)18-7-5-4-6-8-18)14-22(27)25-24-13-17-12-19(23)16(2)31-17/h4-13H,14H2,1-3H3,(H,25,27)/b24-13-. The Kier molecular flexibility index (Phi) is 7.37. The maximum Gasteiger partial charge on any atom is 0.264 e. The summed E-state index contributed by atoms with van der Waals surface area (Å²) in [4.78, 5) is 12.7. The van der Waals surface area contributed by atoms with E-state index < -0.39 is 22.5 Å². The van der Waals surface area contributed by atoms with Crippen molar-refractivity contribution < 1.29 is 22.4 Å². The molecule has 2 aromatic carbocycles. The molecule has 32 heavy (non-hydrogen) atoms. The Labute approximate surface area is 195 Å². The third-order valence-corrected chi connectivity index (χ3v) is 7.04. The number of nitrogens with one attached hydrogen (secondary N) is 1. The highest BCUT2D eigenvalue weighted by Gasteiger charge is 2.29. The zero-order chi connectivity index (χ0) is 23.3. The average Bonchev–Trinajstić information content (AvgIpc) is 3.09. The number of rotatable bonds is 8. The average molecular weight is 520 g/mol. The van der Waals surface area contributed by atoms with Crippen molar-refractivity contribution in [2.75, 3.05) is 18.0 Å². The molecule has 0 saturated heterocycles. The van der Waals surface area contributed by atoms with Crippen molar-refractivity contribution in [2.24, 2.45) is 5.10 Å². The molecule has 0 bridgehead atoms. The first-order valence-electron chi connectivity index (χ1n) is 9.52. The van der Waals surface area contributed by atoms with Gasteiger partial charge in [0.25, 0.3) is 15.9 Å². The minimum atomic E-state index is -4.06. The highest BCUT2D eigenvalue weighted by Crippen LogP contribution is 2.33. The van der Waals surface area contributed by atoms with Crippen LogP contribution in [0.2, 0.25) is 0 Å². The van der Waals surface area contributed by atoms with Gasteiger partial charge in [0.15, 0.2) is 0 Å². The maximum absolute atomic E-state index is 13.4. The SMILES string of the molecule is COc1ccc(C)cc1N(CC(=O)N/N=C\c1cc(Br)c(C)o1)S(=O)(=O)c1ccccc1. The summed E-state index contributed by atoms with van der Waals surface area (Å²) in [5.74, 6) is 0.794. The highest BCUT2D eigenvalue weighted by molar-refractivity contribution is 9.10. The predicted octanol–water partition coefficient (Wildman–Crippen LogP) is 4.01. The van der Waals surface area contributed by atoms with E-state index in [1.165, 1.54) is 25.5 Å². The second kappa shape index (κ2) is 10.0. The number of furan rings is 1. The summed E-state index contributed by atoms with van der Waals surface area (Å²) < 4.78 is 39.4. The van der Waals surface area contributed by atoms with E-state index in [4.69, 9.17) is 9.15 Å². The molecule has 8 nitrogen and oxygen atoms in total. The summed E-state index contributed by atoms with van der Waals surface area (Å²) in [7, 11) is -2.62. The zero-order valence-electron chi connectivity index (χ0n) is 17.7. The van der Waals surface area contributed by atoms with E-state index in [2.05, 4.69) is 26.5 Å². The van der Waals surface area contributed by atoms with Gasteiger partial charge in [-0.25, -0.2) is 13.8 Å². The molecule has 168 valence electrons. The minimum absolute atomic E-state index is 0.0516.